The van der Waals surface area contributed by atoms with Gasteiger partial charge in [0.2, 0.25) is 11.8 Å². The second-order valence-electron chi connectivity index (χ2n) is 5.47. The van der Waals surface area contributed by atoms with E-state index in [4.69, 9.17) is 0 Å². The number of rotatable bonds is 8. The molecule has 0 radical (unpaired) electrons. The molecule has 0 aromatic heterocycles. The average molecular weight is 398 g/mol. The van der Waals surface area contributed by atoms with Crippen molar-refractivity contribution >= 4 is 35.6 Å². The molecule has 29 heavy (non-hydrogen) atoms. The molecule has 0 unspecified atom stereocenters. The highest BCUT2D eigenvalue weighted by molar-refractivity contribution is 5.97. The van der Waals surface area contributed by atoms with Crippen LogP contribution in [0.3, 0.4) is 0 Å². The van der Waals surface area contributed by atoms with Gasteiger partial charge in [0.1, 0.15) is 6.42 Å². The number of benzene rings is 2. The molecule has 0 aliphatic carbocycles. The van der Waals surface area contributed by atoms with Gasteiger partial charge in [0, 0.05) is 35.4 Å². The topological polar surface area (TPSA) is 169 Å². The Bertz CT molecular complexity index is 924. The Hall–Kier alpha value is -4.48. The SMILES string of the molecule is O=C(CC(=O)N/N=C/c1cccc([N+](=O)[O-])c1)N/N=C/c1cccc([N+](=O)[O-])c1. The third-order valence-electron chi connectivity index (χ3n) is 3.29. The van der Waals surface area contributed by atoms with Gasteiger partial charge in [0.15, 0.2) is 0 Å². The molecule has 2 rings (SSSR count). The van der Waals surface area contributed by atoms with Crippen molar-refractivity contribution < 1.29 is 19.4 Å². The van der Waals surface area contributed by atoms with Crippen molar-refractivity contribution in [2.75, 3.05) is 0 Å². The molecule has 12 heteroatoms. The summed E-state index contributed by atoms with van der Waals surface area (Å²) in [5.74, 6) is -1.45. The molecule has 0 bridgehead atoms. The van der Waals surface area contributed by atoms with Gasteiger partial charge in [0.05, 0.1) is 22.3 Å². The predicted octanol–water partition coefficient (Wildman–Crippen LogP) is 1.49. The van der Waals surface area contributed by atoms with Crippen LogP contribution in [0, 0.1) is 20.2 Å². The van der Waals surface area contributed by atoms with E-state index in [1.54, 1.807) is 12.1 Å². The first-order valence-corrected chi connectivity index (χ1v) is 7.98. The summed E-state index contributed by atoms with van der Waals surface area (Å²) in [7, 11) is 0. The number of nitrogens with zero attached hydrogens (tertiary/aromatic N) is 4. The maximum absolute atomic E-state index is 11.7. The first-order chi connectivity index (χ1) is 13.8. The Morgan fingerprint density at radius 2 is 1.24 bits per heavy atom. The molecule has 0 saturated heterocycles. The molecule has 2 aromatic rings. The summed E-state index contributed by atoms with van der Waals surface area (Å²) in [6.45, 7) is 0. The molecule has 0 heterocycles. The lowest BCUT2D eigenvalue weighted by Gasteiger charge is -1.99. The molecule has 0 atom stereocenters. The summed E-state index contributed by atoms with van der Waals surface area (Å²) in [5.41, 5.74) is 4.76. The van der Waals surface area contributed by atoms with Crippen LogP contribution >= 0.6 is 0 Å². The second kappa shape index (κ2) is 10.0. The highest BCUT2D eigenvalue weighted by Crippen LogP contribution is 2.12. The van der Waals surface area contributed by atoms with Crippen molar-refractivity contribution in [3.05, 3.63) is 79.9 Å². The molecule has 2 aromatic carbocycles. The third-order valence-corrected chi connectivity index (χ3v) is 3.29. The number of nitro benzene ring substituents is 2. The number of nitro groups is 2. The zero-order chi connectivity index (χ0) is 21.2. The Kier molecular flexibility index (Phi) is 7.19. The molecule has 12 nitrogen and oxygen atoms in total. The van der Waals surface area contributed by atoms with Crippen LogP contribution in [0.4, 0.5) is 11.4 Å². The van der Waals surface area contributed by atoms with E-state index in [1.165, 1.54) is 48.8 Å². The minimum atomic E-state index is -0.727. The van der Waals surface area contributed by atoms with Crippen molar-refractivity contribution in [1.82, 2.24) is 10.9 Å². The number of nitrogens with one attached hydrogen (secondary N) is 2. The van der Waals surface area contributed by atoms with Crippen molar-refractivity contribution in [3.8, 4) is 0 Å². The molecule has 0 fully saturated rings. The minimum Gasteiger partial charge on any atom is -0.273 e. The largest absolute Gasteiger partial charge is 0.273 e. The summed E-state index contributed by atoms with van der Waals surface area (Å²) >= 11 is 0. The van der Waals surface area contributed by atoms with E-state index >= 15 is 0 Å². The molecule has 2 amide bonds. The molecule has 2 N–H and O–H groups in total. The summed E-state index contributed by atoms with van der Waals surface area (Å²) in [6.07, 6.45) is 1.82. The van der Waals surface area contributed by atoms with E-state index in [9.17, 15) is 29.8 Å². The van der Waals surface area contributed by atoms with Crippen molar-refractivity contribution in [1.29, 1.82) is 0 Å². The van der Waals surface area contributed by atoms with Gasteiger partial charge in [-0.1, -0.05) is 24.3 Å². The van der Waals surface area contributed by atoms with E-state index in [2.05, 4.69) is 21.1 Å². The molecule has 148 valence electrons. The van der Waals surface area contributed by atoms with Crippen LogP contribution in [0.2, 0.25) is 0 Å². The Balaban J connectivity index is 1.81. The molecule has 0 aliphatic rings. The van der Waals surface area contributed by atoms with Gasteiger partial charge in [-0.15, -0.1) is 0 Å². The Morgan fingerprint density at radius 3 is 1.62 bits per heavy atom. The maximum atomic E-state index is 11.7. The van der Waals surface area contributed by atoms with E-state index in [-0.39, 0.29) is 11.4 Å². The molecule has 0 aliphatic heterocycles. The van der Waals surface area contributed by atoms with Gasteiger partial charge in [-0.05, 0) is 0 Å². The lowest BCUT2D eigenvalue weighted by atomic mass is 10.2. The zero-order valence-electron chi connectivity index (χ0n) is 14.7. The monoisotopic (exact) mass is 398 g/mol. The number of carbonyl (C=O) groups excluding carboxylic acids is 2. The van der Waals surface area contributed by atoms with Gasteiger partial charge < -0.3 is 0 Å². The Morgan fingerprint density at radius 1 is 0.828 bits per heavy atom. The van der Waals surface area contributed by atoms with Crippen molar-refractivity contribution in [2.45, 2.75) is 6.42 Å². The minimum absolute atomic E-state index is 0.124. The molecule has 0 saturated carbocycles. The summed E-state index contributed by atoms with van der Waals surface area (Å²) < 4.78 is 0. The van der Waals surface area contributed by atoms with Gasteiger partial charge in [-0.2, -0.15) is 10.2 Å². The second-order valence-corrected chi connectivity index (χ2v) is 5.47. The first kappa shape index (κ1) is 20.8. The lowest BCUT2D eigenvalue weighted by molar-refractivity contribution is -0.385. The lowest BCUT2D eigenvalue weighted by Crippen LogP contribution is -2.27. The summed E-state index contributed by atoms with van der Waals surface area (Å²) in [5, 5.41) is 28.6. The third kappa shape index (κ3) is 6.97. The van der Waals surface area contributed by atoms with Crippen LogP contribution < -0.4 is 10.9 Å². The van der Waals surface area contributed by atoms with Gasteiger partial charge in [0.25, 0.3) is 11.4 Å². The standard InChI is InChI=1S/C17H14N6O6/c24-16(20-18-10-12-3-1-5-14(7-12)22(26)27)9-17(25)21-19-11-13-4-2-6-15(8-13)23(28)29/h1-8,10-11H,9H2,(H,20,24)(H,21,25)/b18-10+,19-11+. The molecular formula is C17H14N6O6. The summed E-state index contributed by atoms with van der Waals surface area (Å²) in [6, 6.07) is 11.2. The molecule has 0 spiro atoms. The molecular weight excluding hydrogens is 384 g/mol. The van der Waals surface area contributed by atoms with E-state index in [0.717, 1.165) is 0 Å². The fourth-order valence-electron chi connectivity index (χ4n) is 2.02. The van der Waals surface area contributed by atoms with Crippen LogP contribution in [-0.2, 0) is 9.59 Å². The van der Waals surface area contributed by atoms with Crippen LogP contribution in [0.15, 0.2) is 58.7 Å². The van der Waals surface area contributed by atoms with Crippen LogP contribution in [0.1, 0.15) is 17.5 Å². The smallest absolute Gasteiger partial charge is 0.270 e. The van der Waals surface area contributed by atoms with Gasteiger partial charge in [-0.3, -0.25) is 29.8 Å². The van der Waals surface area contributed by atoms with Crippen molar-refractivity contribution in [2.24, 2.45) is 10.2 Å². The highest BCUT2D eigenvalue weighted by Gasteiger charge is 2.08. The van der Waals surface area contributed by atoms with Gasteiger partial charge >= 0.3 is 0 Å². The number of hydrogen-bond donors (Lipinski definition) is 2. The Labute approximate surface area is 163 Å². The number of non-ortho nitro benzene ring substituents is 2. The highest BCUT2D eigenvalue weighted by atomic mass is 16.6. The summed E-state index contributed by atoms with van der Waals surface area (Å²) in [4.78, 5) is 43.6. The zero-order valence-corrected chi connectivity index (χ0v) is 14.7. The fraction of sp³-hybridized carbons (Fsp3) is 0.0588. The maximum Gasteiger partial charge on any atom is 0.270 e. The number of amides is 2. The van der Waals surface area contributed by atoms with Crippen molar-refractivity contribution in [3.63, 3.8) is 0 Å². The average Bonchev–Trinajstić information content (AvgIpc) is 2.68. The quantitative estimate of drug-likeness (QED) is 0.295. The van der Waals surface area contributed by atoms with E-state index in [0.29, 0.717) is 11.1 Å². The number of hydrazone groups is 2. The van der Waals surface area contributed by atoms with E-state index < -0.39 is 28.1 Å². The van der Waals surface area contributed by atoms with Crippen LogP contribution in [-0.4, -0.2) is 34.1 Å². The number of carbonyl (C=O) groups is 2. The normalized spacial score (nSPS) is 10.8. The number of hydrogen-bond acceptors (Lipinski definition) is 8. The fourth-order valence-corrected chi connectivity index (χ4v) is 2.02. The van der Waals surface area contributed by atoms with Crippen LogP contribution in [0.5, 0.6) is 0 Å². The first-order valence-electron chi connectivity index (χ1n) is 7.98. The predicted molar refractivity (Wildman–Crippen MR) is 102 cm³/mol. The van der Waals surface area contributed by atoms with Crippen LogP contribution in [0.25, 0.3) is 0 Å². The van der Waals surface area contributed by atoms with Gasteiger partial charge in [-0.25, -0.2) is 10.9 Å². The van der Waals surface area contributed by atoms with E-state index in [1.807, 2.05) is 0 Å².